The van der Waals surface area contributed by atoms with Crippen LogP contribution in [0.3, 0.4) is 0 Å². The molecule has 0 amide bonds. The van der Waals surface area contributed by atoms with Gasteiger partial charge in [0.2, 0.25) is 0 Å². The molecule has 2 atom stereocenters. The summed E-state index contributed by atoms with van der Waals surface area (Å²) in [5.74, 6) is 1.67. The van der Waals surface area contributed by atoms with E-state index in [1.165, 1.54) is 0 Å². The molecule has 1 aliphatic heterocycles. The lowest BCUT2D eigenvalue weighted by Gasteiger charge is -2.23. The van der Waals surface area contributed by atoms with Gasteiger partial charge in [0.1, 0.15) is 5.76 Å². The van der Waals surface area contributed by atoms with Crippen molar-refractivity contribution in [2.24, 2.45) is 5.92 Å². The van der Waals surface area contributed by atoms with E-state index in [9.17, 15) is 9.90 Å². The Hall–Kier alpha value is -1.13. The number of hydrogen-bond acceptors (Lipinski definition) is 4. The Bertz CT molecular complexity index is 361. The Kier molecular flexibility index (Phi) is 3.41. The average molecular weight is 223 g/mol. The molecule has 0 saturated carbocycles. The average Bonchev–Trinajstić information content (AvgIpc) is 2.86. The van der Waals surface area contributed by atoms with Gasteiger partial charge in [0.15, 0.2) is 12.0 Å². The first-order chi connectivity index (χ1) is 7.74. The maximum atomic E-state index is 10.5. The molecule has 0 aromatic carbocycles. The van der Waals surface area contributed by atoms with Crippen molar-refractivity contribution in [2.45, 2.75) is 25.9 Å². The topological polar surface area (TPSA) is 53.7 Å². The van der Waals surface area contributed by atoms with Gasteiger partial charge in [-0.25, -0.2) is 0 Å². The normalized spacial score (nSPS) is 26.1. The highest BCUT2D eigenvalue weighted by atomic mass is 16.3. The van der Waals surface area contributed by atoms with Crippen molar-refractivity contribution in [2.75, 3.05) is 13.2 Å². The minimum Gasteiger partial charge on any atom is -0.457 e. The quantitative estimate of drug-likeness (QED) is 0.782. The molecule has 16 heavy (non-hydrogen) atoms. The summed E-state index contributed by atoms with van der Waals surface area (Å²) in [6.07, 6.45) is 1.81. The first kappa shape index (κ1) is 11.4. The molecule has 1 aromatic rings. The Morgan fingerprint density at radius 2 is 2.44 bits per heavy atom. The molecule has 0 bridgehead atoms. The molecule has 1 aliphatic rings. The largest absolute Gasteiger partial charge is 0.457 e. The van der Waals surface area contributed by atoms with Crippen LogP contribution in [0.15, 0.2) is 16.5 Å². The highest BCUT2D eigenvalue weighted by Gasteiger charge is 2.30. The molecular formula is C12H17NO3. The van der Waals surface area contributed by atoms with E-state index in [2.05, 4.69) is 11.8 Å². The van der Waals surface area contributed by atoms with E-state index in [-0.39, 0.29) is 12.6 Å². The van der Waals surface area contributed by atoms with E-state index in [1.807, 2.05) is 6.07 Å². The number of rotatable bonds is 4. The lowest BCUT2D eigenvalue weighted by atomic mass is 10.0. The molecule has 4 heteroatoms. The van der Waals surface area contributed by atoms with Crippen LogP contribution in [0.5, 0.6) is 0 Å². The van der Waals surface area contributed by atoms with E-state index in [1.54, 1.807) is 6.07 Å². The number of nitrogens with zero attached hydrogens (tertiary/aromatic N) is 1. The Morgan fingerprint density at radius 3 is 3.06 bits per heavy atom. The standard InChI is InChI=1S/C12H17NO3/c1-9-4-5-13(12(9)8-15)6-10-2-3-11(7-14)16-10/h2-3,7,9,12,15H,4-6,8H2,1H3. The lowest BCUT2D eigenvalue weighted by Crippen LogP contribution is -2.34. The van der Waals surface area contributed by atoms with Gasteiger partial charge in [-0.2, -0.15) is 0 Å². The SMILES string of the molecule is CC1CCN(Cc2ccc(C=O)o2)C1CO. The minimum absolute atomic E-state index is 0.183. The predicted octanol–water partition coefficient (Wildman–Crippen LogP) is 1.29. The van der Waals surface area contributed by atoms with Gasteiger partial charge >= 0.3 is 0 Å². The molecule has 0 radical (unpaired) electrons. The van der Waals surface area contributed by atoms with E-state index in [4.69, 9.17) is 4.42 Å². The van der Waals surface area contributed by atoms with Crippen LogP contribution >= 0.6 is 0 Å². The number of hydrogen-bond donors (Lipinski definition) is 1. The van der Waals surface area contributed by atoms with Gasteiger partial charge in [-0.3, -0.25) is 9.69 Å². The third-order valence-corrected chi connectivity index (χ3v) is 3.34. The molecule has 2 rings (SSSR count). The Morgan fingerprint density at radius 1 is 1.62 bits per heavy atom. The number of carbonyl (C=O) groups excluding carboxylic acids is 1. The van der Waals surface area contributed by atoms with E-state index >= 15 is 0 Å². The Labute approximate surface area is 94.9 Å². The maximum absolute atomic E-state index is 10.5. The first-order valence-electron chi connectivity index (χ1n) is 5.63. The van der Waals surface area contributed by atoms with Crippen LogP contribution in [-0.2, 0) is 6.54 Å². The fourth-order valence-electron chi connectivity index (χ4n) is 2.32. The van der Waals surface area contributed by atoms with Crippen molar-refractivity contribution in [3.05, 3.63) is 23.7 Å². The molecule has 88 valence electrons. The summed E-state index contributed by atoms with van der Waals surface area (Å²) in [4.78, 5) is 12.7. The summed E-state index contributed by atoms with van der Waals surface area (Å²) in [6, 6.07) is 3.71. The number of aliphatic hydroxyl groups excluding tert-OH is 1. The van der Waals surface area contributed by atoms with Crippen molar-refractivity contribution in [1.82, 2.24) is 4.90 Å². The molecule has 0 aliphatic carbocycles. The lowest BCUT2D eigenvalue weighted by molar-refractivity contribution is 0.108. The zero-order chi connectivity index (χ0) is 11.5. The number of furan rings is 1. The van der Waals surface area contributed by atoms with Crippen LogP contribution < -0.4 is 0 Å². The maximum Gasteiger partial charge on any atom is 0.185 e. The Balaban J connectivity index is 2.01. The number of likely N-dealkylation sites (tertiary alicyclic amines) is 1. The van der Waals surface area contributed by atoms with E-state index in [0.717, 1.165) is 18.7 Å². The van der Waals surface area contributed by atoms with Gasteiger partial charge in [-0.15, -0.1) is 0 Å². The fourth-order valence-corrected chi connectivity index (χ4v) is 2.32. The molecule has 4 nitrogen and oxygen atoms in total. The summed E-state index contributed by atoms with van der Waals surface area (Å²) in [5, 5.41) is 9.31. The summed E-state index contributed by atoms with van der Waals surface area (Å²) < 4.78 is 5.33. The van der Waals surface area contributed by atoms with Gasteiger partial charge in [0.05, 0.1) is 13.2 Å². The summed E-state index contributed by atoms with van der Waals surface area (Å²) >= 11 is 0. The van der Waals surface area contributed by atoms with Crippen molar-refractivity contribution in [1.29, 1.82) is 0 Å². The van der Waals surface area contributed by atoms with Crippen LogP contribution in [0.2, 0.25) is 0 Å². The van der Waals surface area contributed by atoms with Crippen molar-refractivity contribution >= 4 is 6.29 Å². The molecule has 2 heterocycles. The van der Waals surface area contributed by atoms with Gasteiger partial charge in [-0.1, -0.05) is 6.92 Å². The van der Waals surface area contributed by atoms with Gasteiger partial charge in [0, 0.05) is 6.04 Å². The molecule has 0 spiro atoms. The predicted molar refractivity (Wildman–Crippen MR) is 59.2 cm³/mol. The van der Waals surface area contributed by atoms with Gasteiger partial charge in [-0.05, 0) is 31.0 Å². The smallest absolute Gasteiger partial charge is 0.185 e. The molecule has 2 unspecified atom stereocenters. The third kappa shape index (κ3) is 2.18. The number of aldehydes is 1. The highest BCUT2D eigenvalue weighted by Crippen LogP contribution is 2.25. The van der Waals surface area contributed by atoms with Crippen molar-refractivity contribution < 1.29 is 14.3 Å². The third-order valence-electron chi connectivity index (χ3n) is 3.34. The molecule has 1 N–H and O–H groups in total. The zero-order valence-corrected chi connectivity index (χ0v) is 9.43. The second-order valence-corrected chi connectivity index (χ2v) is 4.41. The molecule has 1 aromatic heterocycles. The van der Waals surface area contributed by atoms with Gasteiger partial charge < -0.3 is 9.52 Å². The number of carbonyl (C=O) groups is 1. The molecule has 1 saturated heterocycles. The number of aliphatic hydroxyl groups is 1. The van der Waals surface area contributed by atoms with Crippen LogP contribution in [-0.4, -0.2) is 35.5 Å². The fraction of sp³-hybridized carbons (Fsp3) is 0.583. The highest BCUT2D eigenvalue weighted by molar-refractivity contribution is 5.70. The van der Waals surface area contributed by atoms with E-state index in [0.29, 0.717) is 24.5 Å². The second-order valence-electron chi connectivity index (χ2n) is 4.41. The van der Waals surface area contributed by atoms with Crippen molar-refractivity contribution in [3.63, 3.8) is 0 Å². The minimum atomic E-state index is 0.183. The molecule has 1 fully saturated rings. The van der Waals surface area contributed by atoms with E-state index < -0.39 is 0 Å². The van der Waals surface area contributed by atoms with Crippen LogP contribution in [0.4, 0.5) is 0 Å². The zero-order valence-electron chi connectivity index (χ0n) is 9.43. The molecular weight excluding hydrogens is 206 g/mol. The monoisotopic (exact) mass is 223 g/mol. The van der Waals surface area contributed by atoms with Gasteiger partial charge in [0.25, 0.3) is 0 Å². The van der Waals surface area contributed by atoms with Crippen LogP contribution in [0.25, 0.3) is 0 Å². The summed E-state index contributed by atoms with van der Waals surface area (Å²) in [6.45, 7) is 3.98. The second kappa shape index (κ2) is 4.80. The van der Waals surface area contributed by atoms with Crippen molar-refractivity contribution in [3.8, 4) is 0 Å². The summed E-state index contributed by atoms with van der Waals surface area (Å²) in [5.41, 5.74) is 0. The van der Waals surface area contributed by atoms with Crippen LogP contribution in [0.1, 0.15) is 29.7 Å². The van der Waals surface area contributed by atoms with Crippen LogP contribution in [0, 0.1) is 5.92 Å². The summed E-state index contributed by atoms with van der Waals surface area (Å²) in [7, 11) is 0. The first-order valence-corrected chi connectivity index (χ1v) is 5.63.